The van der Waals surface area contributed by atoms with Crippen molar-refractivity contribution < 1.29 is 9.90 Å². The lowest BCUT2D eigenvalue weighted by Gasteiger charge is -2.41. The number of likely N-dealkylation sites (tertiary alicyclic amines) is 1. The third-order valence-corrected chi connectivity index (χ3v) is 4.20. The van der Waals surface area contributed by atoms with Crippen molar-refractivity contribution in [3.8, 4) is 0 Å². The number of nitrogens with zero attached hydrogens (tertiary/aromatic N) is 1. The summed E-state index contributed by atoms with van der Waals surface area (Å²) in [5.41, 5.74) is 1.16. The van der Waals surface area contributed by atoms with Crippen LogP contribution in [0.5, 0.6) is 0 Å². The highest BCUT2D eigenvalue weighted by atomic mass is 16.3. The molecule has 1 atom stereocenters. The van der Waals surface area contributed by atoms with Gasteiger partial charge in [-0.3, -0.25) is 4.79 Å². The second-order valence-corrected chi connectivity index (χ2v) is 8.02. The van der Waals surface area contributed by atoms with E-state index in [1.54, 1.807) is 0 Å². The number of aliphatic hydroxyl groups is 1. The maximum Gasteiger partial charge on any atom is 0.255 e. The van der Waals surface area contributed by atoms with Crippen LogP contribution in [-0.4, -0.2) is 41.1 Å². The van der Waals surface area contributed by atoms with Crippen molar-refractivity contribution in [2.45, 2.75) is 52.7 Å². The predicted octanol–water partition coefficient (Wildman–Crippen LogP) is 2.48. The summed E-state index contributed by atoms with van der Waals surface area (Å²) in [7, 11) is 0. The van der Waals surface area contributed by atoms with Gasteiger partial charge in [0.05, 0.1) is 0 Å². The molecule has 1 aliphatic rings. The van der Waals surface area contributed by atoms with E-state index < -0.39 is 5.60 Å². The number of rotatable bonds is 5. The van der Waals surface area contributed by atoms with Gasteiger partial charge in [-0.25, -0.2) is 0 Å². The number of benzene rings is 1. The van der Waals surface area contributed by atoms with Crippen molar-refractivity contribution in [2.24, 2.45) is 5.41 Å². The molecule has 0 spiro atoms. The van der Waals surface area contributed by atoms with Crippen LogP contribution in [0.2, 0.25) is 0 Å². The maximum absolute atomic E-state index is 12.7. The monoisotopic (exact) mass is 318 g/mol. The van der Waals surface area contributed by atoms with Crippen molar-refractivity contribution in [1.29, 1.82) is 0 Å². The van der Waals surface area contributed by atoms with Gasteiger partial charge in [0.15, 0.2) is 5.60 Å². The van der Waals surface area contributed by atoms with E-state index in [-0.39, 0.29) is 11.3 Å². The zero-order valence-electron chi connectivity index (χ0n) is 14.9. The molecule has 0 aliphatic carbocycles. The summed E-state index contributed by atoms with van der Waals surface area (Å²) in [5, 5.41) is 14.0. The van der Waals surface area contributed by atoms with Gasteiger partial charge in [-0.15, -0.1) is 0 Å². The SMILES string of the molecule is Cc1cccc(CNC[C@@]2(O)CCCN(CC(C)(C)C)C2=O)c1. The molecule has 0 radical (unpaired) electrons. The van der Waals surface area contributed by atoms with E-state index in [1.807, 2.05) is 11.0 Å². The van der Waals surface area contributed by atoms with Gasteiger partial charge in [-0.2, -0.15) is 0 Å². The lowest BCUT2D eigenvalue weighted by atomic mass is 9.88. The van der Waals surface area contributed by atoms with Crippen LogP contribution in [0.15, 0.2) is 24.3 Å². The Morgan fingerprint density at radius 3 is 2.74 bits per heavy atom. The van der Waals surface area contributed by atoms with Crippen LogP contribution >= 0.6 is 0 Å². The summed E-state index contributed by atoms with van der Waals surface area (Å²) in [6, 6.07) is 8.26. The molecule has 23 heavy (non-hydrogen) atoms. The van der Waals surface area contributed by atoms with Gasteiger partial charge >= 0.3 is 0 Å². The van der Waals surface area contributed by atoms with Crippen LogP contribution in [0.4, 0.5) is 0 Å². The zero-order chi connectivity index (χ0) is 17.1. The molecule has 0 unspecified atom stereocenters. The molecule has 1 amide bonds. The van der Waals surface area contributed by atoms with Crippen LogP contribution in [0.25, 0.3) is 0 Å². The molecule has 1 fully saturated rings. The number of nitrogens with one attached hydrogen (secondary N) is 1. The lowest BCUT2D eigenvalue weighted by molar-refractivity contribution is -0.158. The molecule has 1 aromatic rings. The Morgan fingerprint density at radius 1 is 1.35 bits per heavy atom. The molecular weight excluding hydrogens is 288 g/mol. The average Bonchev–Trinajstić information content (AvgIpc) is 2.43. The minimum Gasteiger partial charge on any atom is -0.379 e. The summed E-state index contributed by atoms with van der Waals surface area (Å²) in [6.45, 7) is 10.8. The standard InChI is InChI=1S/C19H30N2O2/c1-15-7-5-8-16(11-15)12-20-13-19(23)9-6-10-21(17(19)22)14-18(2,3)4/h5,7-8,11,20,23H,6,9-10,12-14H2,1-4H3/t19-/m0/s1. The highest BCUT2D eigenvalue weighted by Crippen LogP contribution is 2.25. The Labute approximate surface area is 139 Å². The first-order chi connectivity index (χ1) is 10.7. The summed E-state index contributed by atoms with van der Waals surface area (Å²) in [4.78, 5) is 14.5. The van der Waals surface area contributed by atoms with Crippen LogP contribution in [0.3, 0.4) is 0 Å². The Balaban J connectivity index is 1.93. The second-order valence-electron chi connectivity index (χ2n) is 8.02. The molecular formula is C19H30N2O2. The maximum atomic E-state index is 12.7. The normalized spacial score (nSPS) is 22.5. The molecule has 2 rings (SSSR count). The Morgan fingerprint density at radius 2 is 2.09 bits per heavy atom. The van der Waals surface area contributed by atoms with E-state index in [4.69, 9.17) is 0 Å². The Hall–Kier alpha value is -1.39. The summed E-state index contributed by atoms with van der Waals surface area (Å²) in [6.07, 6.45) is 1.39. The molecule has 1 aromatic carbocycles. The topological polar surface area (TPSA) is 52.6 Å². The number of piperidine rings is 1. The first-order valence-corrected chi connectivity index (χ1v) is 8.48. The van der Waals surface area contributed by atoms with Crippen LogP contribution < -0.4 is 5.32 Å². The minimum absolute atomic E-state index is 0.0445. The largest absolute Gasteiger partial charge is 0.379 e. The van der Waals surface area contributed by atoms with Gasteiger partial charge in [-0.1, -0.05) is 50.6 Å². The second kappa shape index (κ2) is 7.02. The fraction of sp³-hybridized carbons (Fsp3) is 0.632. The fourth-order valence-electron chi connectivity index (χ4n) is 3.19. The van der Waals surface area contributed by atoms with Crippen molar-refractivity contribution in [1.82, 2.24) is 10.2 Å². The van der Waals surface area contributed by atoms with Gasteiger partial charge in [-0.05, 0) is 30.7 Å². The van der Waals surface area contributed by atoms with E-state index in [2.05, 4.69) is 51.2 Å². The van der Waals surface area contributed by atoms with E-state index in [0.717, 1.165) is 13.0 Å². The Kier molecular flexibility index (Phi) is 5.48. The third kappa shape index (κ3) is 5.05. The van der Waals surface area contributed by atoms with E-state index in [9.17, 15) is 9.90 Å². The molecule has 0 saturated carbocycles. The highest BCUT2D eigenvalue weighted by Gasteiger charge is 2.42. The molecule has 2 N–H and O–H groups in total. The number of aryl methyl sites for hydroxylation is 1. The van der Waals surface area contributed by atoms with Crippen molar-refractivity contribution >= 4 is 5.91 Å². The van der Waals surface area contributed by atoms with Crippen LogP contribution in [-0.2, 0) is 11.3 Å². The van der Waals surface area contributed by atoms with Gasteiger partial charge < -0.3 is 15.3 Å². The van der Waals surface area contributed by atoms with Gasteiger partial charge in [0.1, 0.15) is 0 Å². The number of hydrogen-bond donors (Lipinski definition) is 2. The van der Waals surface area contributed by atoms with Crippen molar-refractivity contribution in [3.63, 3.8) is 0 Å². The van der Waals surface area contributed by atoms with Crippen molar-refractivity contribution in [2.75, 3.05) is 19.6 Å². The van der Waals surface area contributed by atoms with Crippen LogP contribution in [0.1, 0.15) is 44.7 Å². The van der Waals surface area contributed by atoms with Crippen LogP contribution in [0, 0.1) is 12.3 Å². The zero-order valence-corrected chi connectivity index (χ0v) is 14.9. The third-order valence-electron chi connectivity index (χ3n) is 4.20. The highest BCUT2D eigenvalue weighted by molar-refractivity contribution is 5.86. The first-order valence-electron chi connectivity index (χ1n) is 8.48. The smallest absolute Gasteiger partial charge is 0.255 e. The van der Waals surface area contributed by atoms with Crippen molar-refractivity contribution in [3.05, 3.63) is 35.4 Å². The minimum atomic E-state index is -1.27. The van der Waals surface area contributed by atoms with E-state index in [0.29, 0.717) is 26.1 Å². The van der Waals surface area contributed by atoms with E-state index >= 15 is 0 Å². The molecule has 128 valence electrons. The molecule has 0 bridgehead atoms. The average molecular weight is 318 g/mol. The van der Waals surface area contributed by atoms with Gasteiger partial charge in [0.25, 0.3) is 5.91 Å². The molecule has 0 aromatic heterocycles. The molecule has 4 nitrogen and oxygen atoms in total. The molecule has 1 saturated heterocycles. The molecule has 1 heterocycles. The number of amides is 1. The van der Waals surface area contributed by atoms with Gasteiger partial charge in [0, 0.05) is 26.2 Å². The van der Waals surface area contributed by atoms with Gasteiger partial charge in [0.2, 0.25) is 0 Å². The summed E-state index contributed by atoms with van der Waals surface area (Å²) in [5.74, 6) is -0.129. The number of hydrogen-bond acceptors (Lipinski definition) is 3. The number of carbonyl (C=O) groups excluding carboxylic acids is 1. The number of carbonyl (C=O) groups is 1. The first kappa shape index (κ1) is 18.0. The summed E-state index contributed by atoms with van der Waals surface area (Å²) < 4.78 is 0. The molecule has 4 heteroatoms. The quantitative estimate of drug-likeness (QED) is 0.877. The fourth-order valence-corrected chi connectivity index (χ4v) is 3.19. The predicted molar refractivity (Wildman–Crippen MR) is 93.1 cm³/mol. The molecule has 1 aliphatic heterocycles. The Bertz CT molecular complexity index is 551. The van der Waals surface area contributed by atoms with E-state index in [1.165, 1.54) is 11.1 Å². The summed E-state index contributed by atoms with van der Waals surface area (Å²) >= 11 is 0. The lowest BCUT2D eigenvalue weighted by Crippen LogP contribution is -2.59.